The van der Waals surface area contributed by atoms with Gasteiger partial charge in [0.05, 0.1) is 17.6 Å². The molecule has 5 atom stereocenters. The Morgan fingerprint density at radius 1 is 0.862 bits per heavy atom. The van der Waals surface area contributed by atoms with Crippen LogP contribution in [0.3, 0.4) is 0 Å². The molecule has 0 aliphatic carbocycles. The molecule has 0 aromatic heterocycles. The molecule has 4 aliphatic rings. The summed E-state index contributed by atoms with van der Waals surface area (Å²) in [7, 11) is 0. The average molecular weight is 433 g/mol. The van der Waals surface area contributed by atoms with Gasteiger partial charge in [-0.3, -0.25) is 0 Å². The van der Waals surface area contributed by atoms with Gasteiger partial charge in [0.1, 0.15) is 0 Å². The Bertz CT molecular complexity index is 924. The first-order valence-corrected chi connectivity index (χ1v) is 11.0. The molecule has 6 rings (SSSR count). The third-order valence-corrected chi connectivity index (χ3v) is 7.36. The van der Waals surface area contributed by atoms with Crippen molar-refractivity contribution in [1.82, 2.24) is 0 Å². The first-order chi connectivity index (χ1) is 13.7. The summed E-state index contributed by atoms with van der Waals surface area (Å²) in [5, 5.41) is 1.39. The lowest BCUT2D eigenvalue weighted by Gasteiger charge is -2.58. The molecule has 0 radical (unpaired) electrons. The number of rotatable bonds is 3. The van der Waals surface area contributed by atoms with Gasteiger partial charge in [-0.25, -0.2) is 0 Å². The van der Waals surface area contributed by atoms with E-state index in [0.29, 0.717) is 21.9 Å². The average Bonchev–Trinajstić information content (AvgIpc) is 2.85. The highest BCUT2D eigenvalue weighted by atomic mass is 35.5. The lowest BCUT2D eigenvalue weighted by molar-refractivity contribution is -0.447. The van der Waals surface area contributed by atoms with Gasteiger partial charge in [-0.2, -0.15) is 0 Å². The predicted octanol–water partition coefficient (Wildman–Crippen LogP) is 6.52. The zero-order chi connectivity index (χ0) is 20.6. The molecule has 4 fully saturated rings. The number of ether oxygens (including phenoxy) is 3. The fourth-order valence-corrected chi connectivity index (χ4v) is 5.80. The topological polar surface area (TPSA) is 27.7 Å². The summed E-state index contributed by atoms with van der Waals surface area (Å²) in [5.41, 5.74) is 1.50. The minimum absolute atomic E-state index is 0.0799. The highest BCUT2D eigenvalue weighted by molar-refractivity contribution is 6.30. The van der Waals surface area contributed by atoms with Gasteiger partial charge in [-0.15, -0.1) is 0 Å². The minimum atomic E-state index is -0.871. The van der Waals surface area contributed by atoms with Crippen LogP contribution in [0.2, 0.25) is 10.0 Å². The van der Waals surface area contributed by atoms with Gasteiger partial charge in [-0.1, -0.05) is 61.3 Å². The Hall–Kier alpha value is -1.10. The first kappa shape index (κ1) is 19.8. The van der Waals surface area contributed by atoms with Crippen molar-refractivity contribution in [2.75, 3.05) is 0 Å². The van der Waals surface area contributed by atoms with Crippen molar-refractivity contribution >= 4 is 23.2 Å². The Kier molecular flexibility index (Phi) is 4.41. The van der Waals surface area contributed by atoms with Gasteiger partial charge in [0, 0.05) is 27.6 Å². The van der Waals surface area contributed by atoms with Gasteiger partial charge >= 0.3 is 0 Å². The zero-order valence-corrected chi connectivity index (χ0v) is 18.6. The number of fused-ring (bicyclic) bond motifs is 1. The van der Waals surface area contributed by atoms with Gasteiger partial charge in [0.25, 0.3) is 0 Å². The summed E-state index contributed by atoms with van der Waals surface area (Å²) in [6.45, 7) is 8.77. The van der Waals surface area contributed by atoms with Crippen LogP contribution < -0.4 is 0 Å². The van der Waals surface area contributed by atoms with Crippen LogP contribution in [-0.2, 0) is 25.8 Å². The smallest absolute Gasteiger partial charge is 0.204 e. The molecule has 29 heavy (non-hydrogen) atoms. The molecule has 0 saturated carbocycles. The minimum Gasteiger partial charge on any atom is -0.339 e. The van der Waals surface area contributed by atoms with Crippen molar-refractivity contribution in [3.05, 3.63) is 69.7 Å². The normalized spacial score (nSPS) is 37.3. The maximum Gasteiger partial charge on any atom is 0.204 e. The van der Waals surface area contributed by atoms with Crippen molar-refractivity contribution in [2.45, 2.75) is 57.4 Å². The summed E-state index contributed by atoms with van der Waals surface area (Å²) in [4.78, 5) is 0. The predicted molar refractivity (Wildman–Crippen MR) is 114 cm³/mol. The summed E-state index contributed by atoms with van der Waals surface area (Å²) in [6, 6.07) is 15.7. The number of hydrogen-bond acceptors (Lipinski definition) is 3. The summed E-state index contributed by atoms with van der Waals surface area (Å²) in [6.07, 6.45) is 0.714. The standard InChI is InChI=1S/C24H26Cl2O3/c1-14(2)19-13-23(15-5-9-17(25)10-6-15)27-21-20(19)24(29-23,28-22(21,3)4)16-7-11-18(26)12-8-16/h5-12,14,19-21H,13H2,1-4H3/t19-,20+,21+,23-,24-/m1/s1. The fourth-order valence-electron chi connectivity index (χ4n) is 5.55. The molecule has 0 spiro atoms. The Labute approximate surface area is 182 Å². The number of hydrogen-bond donors (Lipinski definition) is 0. The van der Waals surface area contributed by atoms with E-state index in [0.717, 1.165) is 17.5 Å². The van der Waals surface area contributed by atoms with Crippen molar-refractivity contribution in [3.8, 4) is 0 Å². The molecule has 154 valence electrons. The van der Waals surface area contributed by atoms with Crippen molar-refractivity contribution in [3.63, 3.8) is 0 Å². The maximum absolute atomic E-state index is 6.89. The van der Waals surface area contributed by atoms with Crippen LogP contribution in [-0.4, -0.2) is 11.7 Å². The van der Waals surface area contributed by atoms with Crippen LogP contribution in [0.4, 0.5) is 0 Å². The molecule has 2 aromatic carbocycles. The van der Waals surface area contributed by atoms with Gasteiger partial charge in [-0.05, 0) is 49.9 Å². The lowest BCUT2D eigenvalue weighted by Crippen LogP contribution is -2.63. The fraction of sp³-hybridized carbons (Fsp3) is 0.500. The highest BCUT2D eigenvalue weighted by Crippen LogP contribution is 2.68. The van der Waals surface area contributed by atoms with Crippen molar-refractivity contribution in [1.29, 1.82) is 0 Å². The second-order valence-electron chi connectivity index (χ2n) is 9.42. The molecule has 0 N–H and O–H groups in total. The molecule has 4 saturated heterocycles. The van der Waals surface area contributed by atoms with Crippen LogP contribution >= 0.6 is 23.2 Å². The van der Waals surface area contributed by atoms with E-state index in [9.17, 15) is 0 Å². The molecular formula is C24H26Cl2O3. The molecule has 5 heteroatoms. The molecular weight excluding hydrogens is 407 g/mol. The molecule has 4 heterocycles. The molecule has 2 aromatic rings. The third-order valence-electron chi connectivity index (χ3n) is 6.85. The SMILES string of the molecule is CC(C)[C@H]1C[C@@]2(c3ccc(Cl)cc3)O[C@H]3[C@H]1[C@](c1ccc(Cl)cc1)(OC3(C)C)O2. The Balaban J connectivity index is 1.72. The third kappa shape index (κ3) is 2.82. The van der Waals surface area contributed by atoms with Crippen LogP contribution in [0.5, 0.6) is 0 Å². The van der Waals surface area contributed by atoms with Crippen molar-refractivity contribution in [2.24, 2.45) is 17.8 Å². The van der Waals surface area contributed by atoms with Gasteiger partial charge in [0.2, 0.25) is 5.79 Å². The van der Waals surface area contributed by atoms with E-state index in [1.807, 2.05) is 48.5 Å². The summed E-state index contributed by atoms with van der Waals surface area (Å²) >= 11 is 12.3. The second-order valence-corrected chi connectivity index (χ2v) is 10.3. The van der Waals surface area contributed by atoms with Crippen LogP contribution in [0.15, 0.2) is 48.5 Å². The second kappa shape index (κ2) is 6.45. The molecule has 4 aliphatic heterocycles. The van der Waals surface area contributed by atoms with E-state index in [2.05, 4.69) is 27.7 Å². The largest absolute Gasteiger partial charge is 0.339 e. The first-order valence-electron chi connectivity index (χ1n) is 10.3. The van der Waals surface area contributed by atoms with Crippen LogP contribution in [0.25, 0.3) is 0 Å². The summed E-state index contributed by atoms with van der Waals surface area (Å²) < 4.78 is 20.4. The van der Waals surface area contributed by atoms with Crippen LogP contribution in [0, 0.1) is 17.8 Å². The van der Waals surface area contributed by atoms with E-state index < -0.39 is 17.2 Å². The summed E-state index contributed by atoms with van der Waals surface area (Å²) in [5.74, 6) is -0.787. The molecule has 0 amide bonds. The molecule has 4 bridgehead atoms. The Morgan fingerprint density at radius 3 is 1.97 bits per heavy atom. The van der Waals surface area contributed by atoms with E-state index >= 15 is 0 Å². The molecule has 0 unspecified atom stereocenters. The number of benzene rings is 2. The monoisotopic (exact) mass is 432 g/mol. The number of halogens is 2. The Morgan fingerprint density at radius 2 is 1.41 bits per heavy atom. The molecule has 3 nitrogen and oxygen atoms in total. The van der Waals surface area contributed by atoms with E-state index in [-0.39, 0.29) is 12.0 Å². The maximum atomic E-state index is 6.89. The van der Waals surface area contributed by atoms with Gasteiger partial charge in [0.15, 0.2) is 5.79 Å². The lowest BCUT2D eigenvalue weighted by atomic mass is 9.65. The van der Waals surface area contributed by atoms with E-state index in [1.165, 1.54) is 0 Å². The zero-order valence-electron chi connectivity index (χ0n) is 17.1. The quantitative estimate of drug-likeness (QED) is 0.552. The highest BCUT2D eigenvalue weighted by Gasteiger charge is 2.74. The van der Waals surface area contributed by atoms with Gasteiger partial charge < -0.3 is 14.2 Å². The van der Waals surface area contributed by atoms with Crippen LogP contribution in [0.1, 0.15) is 45.2 Å². The van der Waals surface area contributed by atoms with E-state index in [4.69, 9.17) is 37.4 Å². The van der Waals surface area contributed by atoms with E-state index in [1.54, 1.807) is 0 Å². The van der Waals surface area contributed by atoms with Crippen molar-refractivity contribution < 1.29 is 14.2 Å².